The van der Waals surface area contributed by atoms with Gasteiger partial charge in [0.2, 0.25) is 5.91 Å². The molecule has 100 valence electrons. The van der Waals surface area contributed by atoms with Crippen molar-refractivity contribution in [3.05, 3.63) is 41.9 Å². The molecule has 0 atom stereocenters. The lowest BCUT2D eigenvalue weighted by Crippen LogP contribution is -2.38. The summed E-state index contributed by atoms with van der Waals surface area (Å²) in [4.78, 5) is 15.1. The summed E-state index contributed by atoms with van der Waals surface area (Å²) in [5.74, 6) is -0.741. The molecule has 0 aliphatic rings. The molecule has 1 heterocycles. The van der Waals surface area contributed by atoms with Crippen molar-refractivity contribution in [1.82, 2.24) is 4.98 Å². The third kappa shape index (κ3) is 2.91. The number of sulfonamides is 1. The maximum absolute atomic E-state index is 12.5. The first-order valence-electron chi connectivity index (χ1n) is 5.27. The van der Waals surface area contributed by atoms with Gasteiger partial charge in [-0.1, -0.05) is 18.2 Å². The van der Waals surface area contributed by atoms with Crippen LogP contribution in [-0.2, 0) is 14.8 Å². The number of carbonyl (C=O) groups excluding carboxylic acids is 1. The molecule has 0 aliphatic heterocycles. The number of primary amides is 1. The molecule has 0 radical (unpaired) electrons. The third-order valence-corrected chi connectivity index (χ3v) is 4.92. The van der Waals surface area contributed by atoms with E-state index in [4.69, 9.17) is 5.73 Å². The highest BCUT2D eigenvalue weighted by Crippen LogP contribution is 2.24. The van der Waals surface area contributed by atoms with E-state index in [9.17, 15) is 13.2 Å². The van der Waals surface area contributed by atoms with E-state index in [0.717, 1.165) is 15.6 Å². The molecule has 0 saturated heterocycles. The molecule has 2 N–H and O–H groups in total. The second-order valence-electron chi connectivity index (χ2n) is 3.61. The number of hydrogen-bond acceptors (Lipinski definition) is 5. The number of nitrogens with two attached hydrogens (primary N) is 1. The number of rotatable bonds is 5. The van der Waals surface area contributed by atoms with Crippen molar-refractivity contribution in [2.75, 3.05) is 10.8 Å². The Labute approximate surface area is 114 Å². The van der Waals surface area contributed by atoms with Crippen LogP contribution in [0.25, 0.3) is 0 Å². The summed E-state index contributed by atoms with van der Waals surface area (Å²) in [5.41, 5.74) is 5.11. The van der Waals surface area contributed by atoms with Crippen molar-refractivity contribution in [3.8, 4) is 0 Å². The zero-order valence-electron chi connectivity index (χ0n) is 9.76. The number of carbonyl (C=O) groups is 1. The smallest absolute Gasteiger partial charge is 0.266 e. The lowest BCUT2D eigenvalue weighted by atomic mass is 10.4. The van der Waals surface area contributed by atoms with Gasteiger partial charge in [0, 0.05) is 11.6 Å². The summed E-state index contributed by atoms with van der Waals surface area (Å²) in [7, 11) is -3.84. The summed E-state index contributed by atoms with van der Waals surface area (Å²) in [6, 6.07) is 7.84. The monoisotopic (exact) mass is 297 g/mol. The highest BCUT2D eigenvalue weighted by Gasteiger charge is 2.27. The van der Waals surface area contributed by atoms with Crippen molar-refractivity contribution in [2.24, 2.45) is 5.73 Å². The van der Waals surface area contributed by atoms with Crippen LogP contribution in [0.1, 0.15) is 0 Å². The van der Waals surface area contributed by atoms with Gasteiger partial charge in [0.15, 0.2) is 5.13 Å². The Morgan fingerprint density at radius 3 is 2.53 bits per heavy atom. The molecule has 0 aliphatic carbocycles. The summed E-state index contributed by atoms with van der Waals surface area (Å²) in [5, 5.41) is 1.84. The first kappa shape index (κ1) is 13.5. The molecular weight excluding hydrogens is 286 g/mol. The minimum atomic E-state index is -3.84. The molecule has 6 nitrogen and oxygen atoms in total. The van der Waals surface area contributed by atoms with Crippen molar-refractivity contribution in [1.29, 1.82) is 0 Å². The Morgan fingerprint density at radius 1 is 1.32 bits per heavy atom. The Bertz CT molecular complexity index is 654. The number of anilines is 1. The third-order valence-electron chi connectivity index (χ3n) is 2.26. The van der Waals surface area contributed by atoms with Crippen molar-refractivity contribution < 1.29 is 13.2 Å². The first-order chi connectivity index (χ1) is 9.01. The molecule has 2 aromatic rings. The maximum atomic E-state index is 12.5. The van der Waals surface area contributed by atoms with Crippen molar-refractivity contribution in [3.63, 3.8) is 0 Å². The van der Waals surface area contributed by atoms with Crippen molar-refractivity contribution in [2.45, 2.75) is 4.90 Å². The predicted octanol–water partition coefficient (Wildman–Crippen LogP) is 0.824. The van der Waals surface area contributed by atoms with E-state index in [1.54, 1.807) is 23.6 Å². The molecule has 1 amide bonds. The van der Waals surface area contributed by atoms with E-state index in [1.807, 2.05) is 0 Å². The Kier molecular flexibility index (Phi) is 3.82. The Hall–Kier alpha value is -1.93. The SMILES string of the molecule is NC(=O)CN(c1nccs1)S(=O)(=O)c1ccccc1. The maximum Gasteiger partial charge on any atom is 0.266 e. The lowest BCUT2D eigenvalue weighted by Gasteiger charge is -2.19. The van der Waals surface area contributed by atoms with Gasteiger partial charge in [-0.15, -0.1) is 11.3 Å². The van der Waals surface area contributed by atoms with Crippen molar-refractivity contribution >= 4 is 32.4 Å². The summed E-state index contributed by atoms with van der Waals surface area (Å²) < 4.78 is 25.8. The number of thiazole rings is 1. The van der Waals surface area contributed by atoms with E-state index in [1.165, 1.54) is 18.3 Å². The molecule has 0 fully saturated rings. The zero-order valence-corrected chi connectivity index (χ0v) is 11.4. The molecule has 2 rings (SSSR count). The first-order valence-corrected chi connectivity index (χ1v) is 7.59. The topological polar surface area (TPSA) is 93.4 Å². The van der Waals surface area contributed by atoms with Crippen LogP contribution >= 0.6 is 11.3 Å². The quantitative estimate of drug-likeness (QED) is 0.884. The van der Waals surface area contributed by atoms with Gasteiger partial charge in [0.25, 0.3) is 10.0 Å². The normalized spacial score (nSPS) is 11.2. The fraction of sp³-hybridized carbons (Fsp3) is 0.0909. The minimum absolute atomic E-state index is 0.0893. The van der Waals surface area contributed by atoms with Crippen LogP contribution in [0.2, 0.25) is 0 Å². The number of benzene rings is 1. The number of amides is 1. The highest BCUT2D eigenvalue weighted by molar-refractivity contribution is 7.93. The van der Waals surface area contributed by atoms with Gasteiger partial charge in [-0.05, 0) is 12.1 Å². The van der Waals surface area contributed by atoms with Crippen LogP contribution in [-0.4, -0.2) is 25.9 Å². The average molecular weight is 297 g/mol. The Morgan fingerprint density at radius 2 is 2.00 bits per heavy atom. The van der Waals surface area contributed by atoms with Gasteiger partial charge in [-0.2, -0.15) is 0 Å². The van der Waals surface area contributed by atoms with E-state index in [2.05, 4.69) is 4.98 Å². The standard InChI is InChI=1S/C11H11N3O3S2/c12-10(15)8-14(11-13-6-7-18-11)19(16,17)9-4-2-1-3-5-9/h1-7H,8H2,(H2,12,15). The lowest BCUT2D eigenvalue weighted by molar-refractivity contribution is -0.116. The van der Waals surface area contributed by atoms with Gasteiger partial charge in [0.05, 0.1) is 4.90 Å². The summed E-state index contributed by atoms with van der Waals surface area (Å²) in [6.07, 6.45) is 1.47. The fourth-order valence-electron chi connectivity index (χ4n) is 1.46. The number of aromatic nitrogens is 1. The van der Waals surface area contributed by atoms with Gasteiger partial charge >= 0.3 is 0 Å². The molecule has 0 bridgehead atoms. The molecule has 0 unspecified atom stereocenters. The molecule has 19 heavy (non-hydrogen) atoms. The van der Waals surface area contributed by atoms with Crippen LogP contribution in [0, 0.1) is 0 Å². The zero-order chi connectivity index (χ0) is 13.9. The van der Waals surface area contributed by atoms with Gasteiger partial charge in [0.1, 0.15) is 6.54 Å². The minimum Gasteiger partial charge on any atom is -0.368 e. The van der Waals surface area contributed by atoms with E-state index in [0.29, 0.717) is 0 Å². The largest absolute Gasteiger partial charge is 0.368 e. The van der Waals surface area contributed by atoms with Gasteiger partial charge in [-0.3, -0.25) is 4.79 Å². The predicted molar refractivity (Wildman–Crippen MR) is 72.3 cm³/mol. The number of nitrogens with zero attached hydrogens (tertiary/aromatic N) is 2. The Balaban J connectivity index is 2.47. The second kappa shape index (κ2) is 5.37. The molecule has 8 heteroatoms. The van der Waals surface area contributed by atoms with Crippen LogP contribution in [0.3, 0.4) is 0 Å². The van der Waals surface area contributed by atoms with E-state index >= 15 is 0 Å². The summed E-state index contributed by atoms with van der Waals surface area (Å²) in [6.45, 7) is -0.440. The molecule has 1 aromatic carbocycles. The van der Waals surface area contributed by atoms with Crippen LogP contribution < -0.4 is 10.0 Å². The van der Waals surface area contributed by atoms with Gasteiger partial charge < -0.3 is 5.73 Å². The molecule has 0 spiro atoms. The highest BCUT2D eigenvalue weighted by atomic mass is 32.2. The van der Waals surface area contributed by atoms with Crippen LogP contribution in [0.4, 0.5) is 5.13 Å². The molecule has 1 aromatic heterocycles. The average Bonchev–Trinajstić information content (AvgIpc) is 2.90. The number of hydrogen-bond donors (Lipinski definition) is 1. The van der Waals surface area contributed by atoms with Crippen LogP contribution in [0.15, 0.2) is 46.8 Å². The van der Waals surface area contributed by atoms with E-state index < -0.39 is 22.5 Å². The molecular formula is C11H11N3O3S2. The second-order valence-corrected chi connectivity index (χ2v) is 6.34. The molecule has 0 saturated carbocycles. The van der Waals surface area contributed by atoms with Crippen LogP contribution in [0.5, 0.6) is 0 Å². The van der Waals surface area contributed by atoms with E-state index in [-0.39, 0.29) is 10.0 Å². The summed E-state index contributed by atoms with van der Waals surface area (Å²) >= 11 is 1.12. The fourth-order valence-corrected chi connectivity index (χ4v) is 3.73. The van der Waals surface area contributed by atoms with Gasteiger partial charge in [-0.25, -0.2) is 17.7 Å².